The van der Waals surface area contributed by atoms with Crippen molar-refractivity contribution in [3.63, 3.8) is 0 Å². The van der Waals surface area contributed by atoms with E-state index < -0.39 is 0 Å². The number of nitrogens with zero attached hydrogens (tertiary/aromatic N) is 2. The number of nitrogens with one attached hydrogen (secondary N) is 2. The summed E-state index contributed by atoms with van der Waals surface area (Å²) in [5, 5.41) is 6.25. The number of benzene rings is 2. The Bertz CT molecular complexity index is 915. The maximum atomic E-state index is 12.2. The molecule has 0 radical (unpaired) electrons. The van der Waals surface area contributed by atoms with Crippen LogP contribution in [0.4, 0.5) is 11.5 Å². The van der Waals surface area contributed by atoms with E-state index in [1.165, 1.54) is 11.3 Å². The minimum absolute atomic E-state index is 0.0611. The van der Waals surface area contributed by atoms with E-state index in [2.05, 4.69) is 33.8 Å². The fourth-order valence-electron chi connectivity index (χ4n) is 3.21. The van der Waals surface area contributed by atoms with Crippen LogP contribution < -0.4 is 10.6 Å². The van der Waals surface area contributed by atoms with E-state index in [1.54, 1.807) is 0 Å². The fourth-order valence-corrected chi connectivity index (χ4v) is 3.21. The Morgan fingerprint density at radius 3 is 2.92 bits per heavy atom. The molecule has 2 heterocycles. The van der Waals surface area contributed by atoms with Crippen LogP contribution in [0.5, 0.6) is 0 Å². The lowest BCUT2D eigenvalue weighted by molar-refractivity contribution is -0.115. The minimum atomic E-state index is -0.0611. The molecule has 1 aromatic heterocycles. The number of anilines is 2. The lowest BCUT2D eigenvalue weighted by Crippen LogP contribution is -2.14. The zero-order valence-electron chi connectivity index (χ0n) is 14.1. The van der Waals surface area contributed by atoms with Crippen molar-refractivity contribution in [3.8, 4) is 11.4 Å². The molecule has 0 unspecified atom stereocenters. The number of aromatic nitrogens is 2. The Labute approximate surface area is 146 Å². The van der Waals surface area contributed by atoms with Crippen LogP contribution in [0.3, 0.4) is 0 Å². The summed E-state index contributed by atoms with van der Waals surface area (Å²) in [5.74, 6) is 1.37. The summed E-state index contributed by atoms with van der Waals surface area (Å²) in [4.78, 5) is 16.8. The van der Waals surface area contributed by atoms with Crippen molar-refractivity contribution in [1.29, 1.82) is 0 Å². The number of aryl methyl sites for hydroxylation is 1. The van der Waals surface area contributed by atoms with E-state index in [-0.39, 0.29) is 5.91 Å². The molecule has 3 aromatic rings. The van der Waals surface area contributed by atoms with Crippen molar-refractivity contribution < 1.29 is 4.79 Å². The first-order chi connectivity index (χ1) is 12.2. The van der Waals surface area contributed by atoms with E-state index in [0.29, 0.717) is 12.2 Å². The highest BCUT2D eigenvalue weighted by molar-refractivity contribution is 5.91. The molecular weight excluding hydrogens is 312 g/mol. The van der Waals surface area contributed by atoms with Crippen LogP contribution in [0.25, 0.3) is 11.4 Å². The summed E-state index contributed by atoms with van der Waals surface area (Å²) in [5.41, 5.74) is 4.57. The Morgan fingerprint density at radius 1 is 1.24 bits per heavy atom. The van der Waals surface area contributed by atoms with Gasteiger partial charge in [-0.2, -0.15) is 0 Å². The Morgan fingerprint density at radius 2 is 2.08 bits per heavy atom. The van der Waals surface area contributed by atoms with Gasteiger partial charge in [0.15, 0.2) is 5.82 Å². The first kappa shape index (κ1) is 15.4. The molecule has 0 atom stereocenters. The Kier molecular flexibility index (Phi) is 3.98. The molecule has 0 fully saturated rings. The summed E-state index contributed by atoms with van der Waals surface area (Å²) >= 11 is 0. The first-order valence-corrected chi connectivity index (χ1v) is 8.43. The highest BCUT2D eigenvalue weighted by atomic mass is 16.1. The topological polar surface area (TPSA) is 59.0 Å². The van der Waals surface area contributed by atoms with Crippen LogP contribution in [-0.4, -0.2) is 22.0 Å². The van der Waals surface area contributed by atoms with Crippen molar-refractivity contribution in [2.45, 2.75) is 12.8 Å². The van der Waals surface area contributed by atoms with Crippen molar-refractivity contribution >= 4 is 17.4 Å². The van der Waals surface area contributed by atoms with Gasteiger partial charge in [0.25, 0.3) is 0 Å². The van der Waals surface area contributed by atoms with E-state index >= 15 is 0 Å². The Hall–Kier alpha value is -3.08. The smallest absolute Gasteiger partial charge is 0.229 e. The molecule has 5 nitrogen and oxygen atoms in total. The fraction of sp³-hybridized carbons (Fsp3) is 0.200. The predicted molar refractivity (Wildman–Crippen MR) is 99.6 cm³/mol. The maximum absolute atomic E-state index is 12.2. The number of fused-ring (bicyclic) bond motifs is 1. The van der Waals surface area contributed by atoms with Gasteiger partial charge in [0.2, 0.25) is 5.91 Å². The van der Waals surface area contributed by atoms with Gasteiger partial charge in [0.1, 0.15) is 5.82 Å². The second kappa shape index (κ2) is 6.43. The molecule has 0 saturated heterocycles. The first-order valence-electron chi connectivity index (χ1n) is 8.43. The van der Waals surface area contributed by atoms with Gasteiger partial charge in [-0.1, -0.05) is 30.3 Å². The number of imidazole rings is 1. The van der Waals surface area contributed by atoms with Crippen molar-refractivity contribution in [2.24, 2.45) is 7.05 Å². The molecule has 25 heavy (non-hydrogen) atoms. The van der Waals surface area contributed by atoms with Gasteiger partial charge in [0, 0.05) is 31.0 Å². The van der Waals surface area contributed by atoms with Crippen LogP contribution in [-0.2, 0) is 24.7 Å². The molecule has 4 rings (SSSR count). The van der Waals surface area contributed by atoms with Gasteiger partial charge in [-0.05, 0) is 35.7 Å². The summed E-state index contributed by atoms with van der Waals surface area (Å²) in [6.45, 7) is 0.986. The van der Waals surface area contributed by atoms with Gasteiger partial charge in [-0.15, -0.1) is 0 Å². The molecule has 1 amide bonds. The quantitative estimate of drug-likeness (QED) is 0.771. The van der Waals surface area contributed by atoms with Gasteiger partial charge < -0.3 is 15.2 Å². The Balaban J connectivity index is 1.51. The number of rotatable bonds is 4. The molecular formula is C20H20N4O. The van der Waals surface area contributed by atoms with Crippen molar-refractivity contribution in [2.75, 3.05) is 17.2 Å². The zero-order chi connectivity index (χ0) is 17.2. The summed E-state index contributed by atoms with van der Waals surface area (Å²) in [6.07, 6.45) is 3.23. The SMILES string of the molecule is Cn1cc(NC(=O)Cc2ccccc2)nc1-c1ccc2c(c1)CCN2. The van der Waals surface area contributed by atoms with Crippen LogP contribution in [0.1, 0.15) is 11.1 Å². The third-order valence-electron chi connectivity index (χ3n) is 4.42. The normalized spacial score (nSPS) is 12.5. The number of amides is 1. The average molecular weight is 332 g/mol. The van der Waals surface area contributed by atoms with Crippen LogP contribution in [0.2, 0.25) is 0 Å². The van der Waals surface area contributed by atoms with E-state index in [1.807, 2.05) is 48.1 Å². The lowest BCUT2D eigenvalue weighted by Gasteiger charge is -2.04. The van der Waals surface area contributed by atoms with Gasteiger partial charge in [-0.3, -0.25) is 4.79 Å². The molecule has 5 heteroatoms. The predicted octanol–water partition coefficient (Wildman–Crippen LogP) is 3.24. The lowest BCUT2D eigenvalue weighted by atomic mass is 10.1. The summed E-state index contributed by atoms with van der Waals surface area (Å²) in [6, 6.07) is 16.0. The van der Waals surface area contributed by atoms with E-state index in [9.17, 15) is 4.79 Å². The van der Waals surface area contributed by atoms with Crippen molar-refractivity contribution in [3.05, 3.63) is 65.9 Å². The van der Waals surface area contributed by atoms with Crippen molar-refractivity contribution in [1.82, 2.24) is 9.55 Å². The molecule has 0 bridgehead atoms. The molecule has 1 aliphatic rings. The van der Waals surface area contributed by atoms with Gasteiger partial charge in [-0.25, -0.2) is 4.98 Å². The highest BCUT2D eigenvalue weighted by Crippen LogP contribution is 2.28. The van der Waals surface area contributed by atoms with Crippen LogP contribution >= 0.6 is 0 Å². The standard InChI is InChI=1S/C20H20N4O/c1-24-13-18(22-19(25)11-14-5-3-2-4-6-14)23-20(24)16-7-8-17-15(12-16)9-10-21-17/h2-8,12-13,21H,9-11H2,1H3,(H,22,25). The van der Waals surface area contributed by atoms with Gasteiger partial charge in [0.05, 0.1) is 6.42 Å². The number of hydrogen-bond donors (Lipinski definition) is 2. The molecule has 1 aliphatic heterocycles. The van der Waals surface area contributed by atoms with E-state index in [0.717, 1.165) is 29.9 Å². The third kappa shape index (κ3) is 3.26. The average Bonchev–Trinajstić information content (AvgIpc) is 3.21. The molecule has 0 saturated carbocycles. The second-order valence-electron chi connectivity index (χ2n) is 6.32. The maximum Gasteiger partial charge on any atom is 0.229 e. The molecule has 0 spiro atoms. The number of hydrogen-bond acceptors (Lipinski definition) is 3. The number of carbonyl (C=O) groups is 1. The summed E-state index contributed by atoms with van der Waals surface area (Å²) in [7, 11) is 1.95. The molecule has 2 N–H and O–H groups in total. The zero-order valence-corrected chi connectivity index (χ0v) is 14.1. The molecule has 0 aliphatic carbocycles. The number of carbonyl (C=O) groups excluding carboxylic acids is 1. The highest BCUT2D eigenvalue weighted by Gasteiger charge is 2.14. The van der Waals surface area contributed by atoms with E-state index in [4.69, 9.17) is 0 Å². The van der Waals surface area contributed by atoms with Gasteiger partial charge >= 0.3 is 0 Å². The third-order valence-corrected chi connectivity index (χ3v) is 4.42. The summed E-state index contributed by atoms with van der Waals surface area (Å²) < 4.78 is 1.95. The van der Waals surface area contributed by atoms with Crippen LogP contribution in [0.15, 0.2) is 54.7 Å². The molecule has 2 aromatic carbocycles. The minimum Gasteiger partial charge on any atom is -0.384 e. The van der Waals surface area contributed by atoms with Crippen LogP contribution in [0, 0.1) is 0 Å². The second-order valence-corrected chi connectivity index (χ2v) is 6.32. The monoisotopic (exact) mass is 332 g/mol. The molecule has 126 valence electrons. The largest absolute Gasteiger partial charge is 0.384 e.